The Morgan fingerprint density at radius 3 is 2.85 bits per heavy atom. The highest BCUT2D eigenvalue weighted by molar-refractivity contribution is 5.39. The van der Waals surface area contributed by atoms with Crippen LogP contribution in [-0.2, 0) is 12.8 Å². The standard InChI is InChI=1S/C17H19NO2/c1-20-17-7-6-12(11-18-17)8-15(19)10-14-9-13-4-2-3-5-16(13)14/h2-7,11,14-15,19H,8-10H2,1H3. The molecule has 3 heteroatoms. The van der Waals surface area contributed by atoms with Crippen LogP contribution >= 0.6 is 0 Å². The number of fused-ring (bicyclic) bond motifs is 1. The number of ether oxygens (including phenoxy) is 1. The second-order valence-corrected chi connectivity index (χ2v) is 5.40. The molecule has 1 heterocycles. The first-order valence-corrected chi connectivity index (χ1v) is 7.01. The lowest BCUT2D eigenvalue weighted by molar-refractivity contribution is 0.151. The van der Waals surface area contributed by atoms with Crippen molar-refractivity contribution in [3.05, 3.63) is 59.3 Å². The molecule has 0 saturated carbocycles. The third-order valence-corrected chi connectivity index (χ3v) is 4.00. The third kappa shape index (κ3) is 2.68. The van der Waals surface area contributed by atoms with E-state index in [1.54, 1.807) is 13.3 Å². The molecule has 0 fully saturated rings. The van der Waals surface area contributed by atoms with E-state index in [0.29, 0.717) is 18.2 Å². The number of aliphatic hydroxyl groups excluding tert-OH is 1. The predicted octanol–water partition coefficient (Wildman–Crippen LogP) is 2.72. The molecule has 1 aromatic carbocycles. The van der Waals surface area contributed by atoms with Crippen molar-refractivity contribution < 1.29 is 9.84 Å². The van der Waals surface area contributed by atoms with E-state index >= 15 is 0 Å². The van der Waals surface area contributed by atoms with Crippen LogP contribution in [0, 0.1) is 0 Å². The van der Waals surface area contributed by atoms with Gasteiger partial charge in [-0.25, -0.2) is 4.98 Å². The van der Waals surface area contributed by atoms with Gasteiger partial charge in [-0.2, -0.15) is 0 Å². The lowest BCUT2D eigenvalue weighted by Crippen LogP contribution is -2.23. The highest BCUT2D eigenvalue weighted by Crippen LogP contribution is 2.38. The molecule has 1 aliphatic rings. The van der Waals surface area contributed by atoms with Gasteiger partial charge in [-0.15, -0.1) is 0 Å². The quantitative estimate of drug-likeness (QED) is 0.907. The Hall–Kier alpha value is -1.87. The van der Waals surface area contributed by atoms with Gasteiger partial charge in [0.1, 0.15) is 0 Å². The first-order chi connectivity index (χ1) is 9.76. The summed E-state index contributed by atoms with van der Waals surface area (Å²) < 4.78 is 5.03. The molecule has 1 aliphatic carbocycles. The van der Waals surface area contributed by atoms with Crippen LogP contribution in [0.2, 0.25) is 0 Å². The molecule has 0 saturated heterocycles. The molecule has 3 rings (SSSR count). The maximum absolute atomic E-state index is 10.2. The van der Waals surface area contributed by atoms with Crippen molar-refractivity contribution >= 4 is 0 Å². The Kier molecular flexibility index (Phi) is 3.70. The fourth-order valence-electron chi connectivity index (χ4n) is 2.91. The van der Waals surface area contributed by atoms with E-state index in [1.807, 2.05) is 12.1 Å². The third-order valence-electron chi connectivity index (χ3n) is 4.00. The summed E-state index contributed by atoms with van der Waals surface area (Å²) in [7, 11) is 1.60. The van der Waals surface area contributed by atoms with Crippen molar-refractivity contribution in [3.63, 3.8) is 0 Å². The van der Waals surface area contributed by atoms with Crippen LogP contribution in [0.5, 0.6) is 5.88 Å². The van der Waals surface area contributed by atoms with Crippen molar-refractivity contribution in [1.82, 2.24) is 4.98 Å². The largest absolute Gasteiger partial charge is 0.481 e. The molecule has 20 heavy (non-hydrogen) atoms. The SMILES string of the molecule is COc1ccc(CC(O)CC2Cc3ccccc32)cn1. The van der Waals surface area contributed by atoms with Crippen molar-refractivity contribution in [2.24, 2.45) is 0 Å². The molecule has 104 valence electrons. The second-order valence-electron chi connectivity index (χ2n) is 5.40. The van der Waals surface area contributed by atoms with Crippen molar-refractivity contribution in [2.45, 2.75) is 31.3 Å². The topological polar surface area (TPSA) is 42.4 Å². The Balaban J connectivity index is 1.56. The number of hydrogen-bond donors (Lipinski definition) is 1. The minimum atomic E-state index is -0.316. The smallest absolute Gasteiger partial charge is 0.212 e. The Bertz CT molecular complexity index is 580. The summed E-state index contributed by atoms with van der Waals surface area (Å²) in [4.78, 5) is 4.17. The molecule has 1 aromatic heterocycles. The van der Waals surface area contributed by atoms with Gasteiger partial charge in [0.2, 0.25) is 5.88 Å². The minimum Gasteiger partial charge on any atom is -0.481 e. The molecule has 0 amide bonds. The molecule has 0 bridgehead atoms. The zero-order valence-corrected chi connectivity index (χ0v) is 11.6. The van der Waals surface area contributed by atoms with E-state index in [-0.39, 0.29) is 6.10 Å². The lowest BCUT2D eigenvalue weighted by Gasteiger charge is -2.31. The summed E-state index contributed by atoms with van der Waals surface area (Å²) in [6, 6.07) is 12.3. The Labute approximate surface area is 119 Å². The summed E-state index contributed by atoms with van der Waals surface area (Å²) in [6.45, 7) is 0. The summed E-state index contributed by atoms with van der Waals surface area (Å²) >= 11 is 0. The van der Waals surface area contributed by atoms with Gasteiger partial charge in [0.05, 0.1) is 13.2 Å². The summed E-state index contributed by atoms with van der Waals surface area (Å²) in [5.41, 5.74) is 3.88. The maximum Gasteiger partial charge on any atom is 0.212 e. The first-order valence-electron chi connectivity index (χ1n) is 7.01. The number of hydrogen-bond acceptors (Lipinski definition) is 3. The molecule has 0 spiro atoms. The number of benzene rings is 1. The molecule has 2 aromatic rings. The number of nitrogens with zero attached hydrogens (tertiary/aromatic N) is 1. The van der Waals surface area contributed by atoms with E-state index in [0.717, 1.165) is 18.4 Å². The predicted molar refractivity (Wildman–Crippen MR) is 78.0 cm³/mol. The molecular formula is C17H19NO2. The molecule has 0 aliphatic heterocycles. The van der Waals surface area contributed by atoms with Crippen LogP contribution in [0.15, 0.2) is 42.6 Å². The number of aliphatic hydroxyl groups is 1. The highest BCUT2D eigenvalue weighted by Gasteiger charge is 2.27. The molecular weight excluding hydrogens is 250 g/mol. The summed E-state index contributed by atoms with van der Waals surface area (Å²) in [5.74, 6) is 1.11. The number of pyridine rings is 1. The van der Waals surface area contributed by atoms with E-state index in [9.17, 15) is 5.11 Å². The van der Waals surface area contributed by atoms with E-state index < -0.39 is 0 Å². The second kappa shape index (κ2) is 5.63. The normalized spacial score (nSPS) is 18.0. The molecule has 2 atom stereocenters. The van der Waals surface area contributed by atoms with Gasteiger partial charge in [0, 0.05) is 12.3 Å². The molecule has 3 nitrogen and oxygen atoms in total. The fourth-order valence-corrected chi connectivity index (χ4v) is 2.91. The van der Waals surface area contributed by atoms with Gasteiger partial charge in [-0.05, 0) is 41.9 Å². The molecule has 0 radical (unpaired) electrons. The Morgan fingerprint density at radius 1 is 1.30 bits per heavy atom. The maximum atomic E-state index is 10.2. The summed E-state index contributed by atoms with van der Waals surface area (Å²) in [5, 5.41) is 10.2. The molecule has 2 unspecified atom stereocenters. The van der Waals surface area contributed by atoms with Crippen LogP contribution in [0.4, 0.5) is 0 Å². The average molecular weight is 269 g/mol. The van der Waals surface area contributed by atoms with Gasteiger partial charge in [0.25, 0.3) is 0 Å². The Morgan fingerprint density at radius 2 is 2.15 bits per heavy atom. The highest BCUT2D eigenvalue weighted by atomic mass is 16.5. The van der Waals surface area contributed by atoms with E-state index in [4.69, 9.17) is 4.74 Å². The van der Waals surface area contributed by atoms with Gasteiger partial charge >= 0.3 is 0 Å². The van der Waals surface area contributed by atoms with Crippen LogP contribution in [0.25, 0.3) is 0 Å². The monoisotopic (exact) mass is 269 g/mol. The van der Waals surface area contributed by atoms with E-state index in [1.165, 1.54) is 11.1 Å². The average Bonchev–Trinajstić information content (AvgIpc) is 2.46. The van der Waals surface area contributed by atoms with Crippen LogP contribution in [-0.4, -0.2) is 23.3 Å². The summed E-state index contributed by atoms with van der Waals surface area (Å²) in [6.07, 6.45) is 4.02. The van der Waals surface area contributed by atoms with E-state index in [2.05, 4.69) is 29.2 Å². The lowest BCUT2D eigenvalue weighted by atomic mass is 9.74. The zero-order chi connectivity index (χ0) is 13.9. The zero-order valence-electron chi connectivity index (χ0n) is 11.6. The molecule has 1 N–H and O–H groups in total. The number of methoxy groups -OCH3 is 1. The van der Waals surface area contributed by atoms with Crippen LogP contribution in [0.3, 0.4) is 0 Å². The van der Waals surface area contributed by atoms with Crippen LogP contribution < -0.4 is 4.74 Å². The van der Waals surface area contributed by atoms with Crippen molar-refractivity contribution in [2.75, 3.05) is 7.11 Å². The number of aromatic nitrogens is 1. The van der Waals surface area contributed by atoms with Gasteiger partial charge < -0.3 is 9.84 Å². The van der Waals surface area contributed by atoms with Crippen molar-refractivity contribution in [1.29, 1.82) is 0 Å². The van der Waals surface area contributed by atoms with Gasteiger partial charge in [-0.1, -0.05) is 30.3 Å². The van der Waals surface area contributed by atoms with Crippen LogP contribution in [0.1, 0.15) is 29.0 Å². The van der Waals surface area contributed by atoms with Crippen molar-refractivity contribution in [3.8, 4) is 5.88 Å². The van der Waals surface area contributed by atoms with Gasteiger partial charge in [0.15, 0.2) is 0 Å². The number of rotatable bonds is 5. The fraction of sp³-hybridized carbons (Fsp3) is 0.353. The first kappa shape index (κ1) is 13.1. The minimum absolute atomic E-state index is 0.316. The van der Waals surface area contributed by atoms with Gasteiger partial charge in [-0.3, -0.25) is 0 Å².